The van der Waals surface area contributed by atoms with E-state index in [1.165, 1.54) is 95.1 Å². The topological polar surface area (TPSA) is 9.72 Å². The average Bonchev–Trinajstić information content (AvgIpc) is 3.62. The molecule has 0 fully saturated rings. The Balaban J connectivity index is 1.23. The average molecular weight is 666 g/mol. The summed E-state index contributed by atoms with van der Waals surface area (Å²) in [5.41, 5.74) is 22.0. The van der Waals surface area contributed by atoms with Gasteiger partial charge in [0.2, 0.25) is 0 Å². The van der Waals surface area contributed by atoms with Crippen molar-refractivity contribution < 1.29 is 0 Å². The third-order valence-electron chi connectivity index (χ3n) is 12.8. The molecule has 52 heavy (non-hydrogen) atoms. The van der Waals surface area contributed by atoms with Crippen molar-refractivity contribution in [3.8, 4) is 11.1 Å². The summed E-state index contributed by atoms with van der Waals surface area (Å²) in [6.07, 6.45) is 0.963. The van der Waals surface area contributed by atoms with E-state index in [0.717, 1.165) is 6.42 Å². The van der Waals surface area contributed by atoms with Crippen molar-refractivity contribution in [2.75, 3.05) is 14.7 Å². The third kappa shape index (κ3) is 3.14. The van der Waals surface area contributed by atoms with E-state index in [2.05, 4.69) is 187 Å². The maximum absolute atomic E-state index is 2.66. The van der Waals surface area contributed by atoms with Gasteiger partial charge in [-0.1, -0.05) is 122 Å². The van der Waals surface area contributed by atoms with Crippen LogP contribution in [0.2, 0.25) is 0 Å². The Hall–Kier alpha value is -6.00. The minimum Gasteiger partial charge on any atom is -0.317 e. The molecule has 1 aliphatic carbocycles. The number of aryl methyl sites for hydroxylation is 1. The number of benzene rings is 7. The zero-order chi connectivity index (χ0) is 34.5. The summed E-state index contributed by atoms with van der Waals surface area (Å²) in [5, 5.41) is 0. The number of fused-ring (bicyclic) bond motifs is 13. The minimum absolute atomic E-state index is 0.0917. The first-order valence-electron chi connectivity index (χ1n) is 18.7. The summed E-state index contributed by atoms with van der Waals surface area (Å²) in [7, 11) is 0. The summed E-state index contributed by atoms with van der Waals surface area (Å²) in [5.74, 6) is 0. The number of anilines is 7. The van der Waals surface area contributed by atoms with Gasteiger partial charge in [-0.05, 0) is 112 Å². The fourth-order valence-electron chi connectivity index (χ4n) is 11.0. The standard InChI is InChI=1S/C48H36BN3/c1-4-30-28-42-44-43(29-30)52-46-39(25-15-27-41(46)51(47(52,2)3)31-16-6-5-7-17-31)49(44)38-24-14-23-37-45(38)50(42)40-26-13-12-22-36(40)48(37)34-20-10-8-18-32(34)33-19-9-11-21-35(33)48/h5-29H,4H2,1-3H3. The van der Waals surface area contributed by atoms with E-state index in [4.69, 9.17) is 0 Å². The van der Waals surface area contributed by atoms with Crippen molar-refractivity contribution in [2.45, 2.75) is 38.3 Å². The number of rotatable bonds is 2. The van der Waals surface area contributed by atoms with Gasteiger partial charge in [0.05, 0.1) is 22.5 Å². The van der Waals surface area contributed by atoms with Crippen LogP contribution in [-0.4, -0.2) is 12.4 Å². The lowest BCUT2D eigenvalue weighted by atomic mass is 9.33. The Bertz CT molecular complexity index is 2650. The Morgan fingerprint density at radius 3 is 1.81 bits per heavy atom. The molecule has 0 bridgehead atoms. The number of nitrogens with zero attached hydrogens (tertiary/aromatic N) is 3. The first-order chi connectivity index (χ1) is 25.5. The lowest BCUT2D eigenvalue weighted by Gasteiger charge is -2.51. The SMILES string of the molecule is CCc1cc2c3c(c1)N1c4c(cccc4N(c4ccccc4)C1(C)C)B3c1cccc3c1N2c1ccccc1C31c2ccccc2-c2ccccc21. The molecule has 0 aromatic heterocycles. The van der Waals surface area contributed by atoms with Crippen molar-refractivity contribution in [1.29, 1.82) is 0 Å². The van der Waals surface area contributed by atoms with E-state index in [0.29, 0.717) is 0 Å². The lowest BCUT2D eigenvalue weighted by molar-refractivity contribution is 0.540. The van der Waals surface area contributed by atoms with Gasteiger partial charge in [0.15, 0.2) is 0 Å². The van der Waals surface area contributed by atoms with Crippen molar-refractivity contribution in [3.05, 3.63) is 179 Å². The molecule has 0 saturated heterocycles. The van der Waals surface area contributed by atoms with Crippen LogP contribution in [-0.2, 0) is 11.8 Å². The van der Waals surface area contributed by atoms with Gasteiger partial charge in [-0.3, -0.25) is 0 Å². The van der Waals surface area contributed by atoms with E-state index >= 15 is 0 Å². The van der Waals surface area contributed by atoms with Crippen LogP contribution in [0, 0.1) is 0 Å². The van der Waals surface area contributed by atoms with Crippen LogP contribution in [0.5, 0.6) is 0 Å². The van der Waals surface area contributed by atoms with Gasteiger partial charge in [0.1, 0.15) is 5.66 Å². The van der Waals surface area contributed by atoms with Crippen molar-refractivity contribution in [2.24, 2.45) is 0 Å². The van der Waals surface area contributed by atoms with E-state index < -0.39 is 5.41 Å². The largest absolute Gasteiger partial charge is 0.317 e. The number of para-hydroxylation sites is 4. The highest BCUT2D eigenvalue weighted by atomic mass is 15.5. The monoisotopic (exact) mass is 665 g/mol. The lowest BCUT2D eigenvalue weighted by Crippen LogP contribution is -2.64. The second-order valence-electron chi connectivity index (χ2n) is 15.5. The van der Waals surface area contributed by atoms with Crippen molar-refractivity contribution >= 4 is 62.9 Å². The molecule has 4 heterocycles. The van der Waals surface area contributed by atoms with Gasteiger partial charge in [-0.2, -0.15) is 0 Å². The minimum atomic E-state index is -0.431. The Kier molecular flexibility index (Phi) is 5.32. The normalized spacial score (nSPS) is 16.6. The summed E-state index contributed by atoms with van der Waals surface area (Å²) >= 11 is 0. The smallest absolute Gasteiger partial charge is 0.252 e. The molecule has 4 aliphatic heterocycles. The first kappa shape index (κ1) is 28.7. The predicted octanol–water partition coefficient (Wildman–Crippen LogP) is 9.56. The van der Waals surface area contributed by atoms with Crippen molar-refractivity contribution in [3.63, 3.8) is 0 Å². The van der Waals surface area contributed by atoms with E-state index in [-0.39, 0.29) is 12.4 Å². The summed E-state index contributed by atoms with van der Waals surface area (Å²) in [6.45, 7) is 7.17. The van der Waals surface area contributed by atoms with Gasteiger partial charge in [0.25, 0.3) is 6.71 Å². The molecule has 12 rings (SSSR count). The van der Waals surface area contributed by atoms with Crippen LogP contribution in [0.25, 0.3) is 11.1 Å². The van der Waals surface area contributed by atoms with Gasteiger partial charge in [-0.25, -0.2) is 0 Å². The maximum atomic E-state index is 2.66. The van der Waals surface area contributed by atoms with Crippen LogP contribution in [0.1, 0.15) is 48.6 Å². The van der Waals surface area contributed by atoms with Crippen LogP contribution in [0.15, 0.2) is 152 Å². The van der Waals surface area contributed by atoms with Crippen molar-refractivity contribution in [1.82, 2.24) is 0 Å². The van der Waals surface area contributed by atoms with Crippen LogP contribution in [0.4, 0.5) is 39.8 Å². The summed E-state index contributed by atoms with van der Waals surface area (Å²) in [6, 6.07) is 57.7. The van der Waals surface area contributed by atoms with Gasteiger partial charge >= 0.3 is 0 Å². The Labute approximate surface area is 305 Å². The molecule has 3 nitrogen and oxygen atoms in total. The fourth-order valence-corrected chi connectivity index (χ4v) is 11.0. The summed E-state index contributed by atoms with van der Waals surface area (Å²) < 4.78 is 0. The molecule has 0 saturated carbocycles. The number of hydrogen-bond acceptors (Lipinski definition) is 3. The molecular weight excluding hydrogens is 629 g/mol. The Morgan fingerprint density at radius 2 is 1.08 bits per heavy atom. The molecule has 0 amide bonds. The molecule has 0 N–H and O–H groups in total. The molecule has 4 heteroatoms. The zero-order valence-corrected chi connectivity index (χ0v) is 29.6. The molecule has 7 aromatic carbocycles. The highest BCUT2D eigenvalue weighted by Crippen LogP contribution is 2.64. The van der Waals surface area contributed by atoms with Crippen LogP contribution >= 0.6 is 0 Å². The molecule has 246 valence electrons. The highest BCUT2D eigenvalue weighted by Gasteiger charge is 2.57. The van der Waals surface area contributed by atoms with Crippen LogP contribution < -0.4 is 31.1 Å². The Morgan fingerprint density at radius 1 is 0.500 bits per heavy atom. The third-order valence-corrected chi connectivity index (χ3v) is 12.8. The highest BCUT2D eigenvalue weighted by molar-refractivity contribution is 7.00. The molecule has 0 radical (unpaired) electrons. The molecule has 5 aliphatic rings. The van der Waals surface area contributed by atoms with E-state index in [1.807, 2.05) is 0 Å². The zero-order valence-electron chi connectivity index (χ0n) is 29.6. The molecule has 7 aromatic rings. The molecule has 0 atom stereocenters. The van der Waals surface area contributed by atoms with Gasteiger partial charge in [0, 0.05) is 22.7 Å². The predicted molar refractivity (Wildman–Crippen MR) is 217 cm³/mol. The second kappa shape index (κ2) is 9.66. The van der Waals surface area contributed by atoms with E-state index in [1.54, 1.807) is 0 Å². The van der Waals surface area contributed by atoms with Gasteiger partial charge in [-0.15, -0.1) is 0 Å². The molecule has 0 unspecified atom stereocenters. The molecular formula is C48H36BN3. The number of hydrogen-bond donors (Lipinski definition) is 0. The first-order valence-corrected chi connectivity index (χ1v) is 18.7. The quantitative estimate of drug-likeness (QED) is 0.170. The van der Waals surface area contributed by atoms with Gasteiger partial charge < -0.3 is 14.7 Å². The second-order valence-corrected chi connectivity index (χ2v) is 15.5. The maximum Gasteiger partial charge on any atom is 0.252 e. The molecule has 1 spiro atoms. The summed E-state index contributed by atoms with van der Waals surface area (Å²) in [4.78, 5) is 7.86. The fraction of sp³-hybridized carbons (Fsp3) is 0.125. The van der Waals surface area contributed by atoms with E-state index in [9.17, 15) is 0 Å². The van der Waals surface area contributed by atoms with Crippen LogP contribution in [0.3, 0.4) is 0 Å².